The summed E-state index contributed by atoms with van der Waals surface area (Å²) in [5.41, 5.74) is 0.857. The Balaban J connectivity index is 0.00000210. The van der Waals surface area contributed by atoms with Gasteiger partial charge in [-0.25, -0.2) is 4.98 Å². The molecule has 0 aliphatic heterocycles. The van der Waals surface area contributed by atoms with Gasteiger partial charge in [0.25, 0.3) is 0 Å². The number of aryl methyl sites for hydroxylation is 1. The van der Waals surface area contributed by atoms with Gasteiger partial charge >= 0.3 is 21.1 Å². The first-order chi connectivity index (χ1) is 12.8. The third-order valence-corrected chi connectivity index (χ3v) is 3.64. The van der Waals surface area contributed by atoms with Crippen LogP contribution in [0.2, 0.25) is 0 Å². The van der Waals surface area contributed by atoms with Crippen LogP contribution in [0, 0.1) is 12.1 Å². The average Bonchev–Trinajstić information content (AvgIpc) is 3.09. The van der Waals surface area contributed by atoms with Crippen LogP contribution >= 0.6 is 0 Å². The number of nitrogens with zero attached hydrogens (tertiary/aromatic N) is 3. The van der Waals surface area contributed by atoms with Crippen molar-refractivity contribution >= 4 is 0 Å². The molecule has 0 spiro atoms. The smallest absolute Gasteiger partial charge is 0.503 e. The predicted molar refractivity (Wildman–Crippen MR) is 97.1 cm³/mol. The third kappa shape index (κ3) is 4.63. The summed E-state index contributed by atoms with van der Waals surface area (Å²) in [4.78, 5) is 8.47. The molecule has 136 valence electrons. The second kappa shape index (κ2) is 8.65. The maximum atomic E-state index is 5.89. The van der Waals surface area contributed by atoms with Gasteiger partial charge in [-0.05, 0) is 6.07 Å². The van der Waals surface area contributed by atoms with E-state index < -0.39 is 0 Å². The third-order valence-electron chi connectivity index (χ3n) is 3.64. The van der Waals surface area contributed by atoms with Crippen molar-refractivity contribution in [3.8, 4) is 34.5 Å². The number of pyridine rings is 1. The zero-order valence-electron chi connectivity index (χ0n) is 14.4. The molecule has 4 aromatic rings. The van der Waals surface area contributed by atoms with Crippen molar-refractivity contribution in [2.45, 2.75) is 0 Å². The van der Waals surface area contributed by atoms with Gasteiger partial charge in [-0.1, -0.05) is 18.2 Å². The van der Waals surface area contributed by atoms with Gasteiger partial charge in [0, 0.05) is 49.0 Å². The summed E-state index contributed by atoms with van der Waals surface area (Å²) >= 11 is 0. The van der Waals surface area contributed by atoms with E-state index in [1.54, 1.807) is 24.5 Å². The zero-order valence-corrected chi connectivity index (χ0v) is 16.7. The minimum atomic E-state index is 0. The molecule has 2 heterocycles. The number of ether oxygens (including phenoxy) is 2. The Bertz CT molecular complexity index is 1020. The van der Waals surface area contributed by atoms with Crippen LogP contribution in [0.25, 0.3) is 11.4 Å². The van der Waals surface area contributed by atoms with Crippen LogP contribution in [0.4, 0.5) is 0 Å². The molecule has 0 unspecified atom stereocenters. The largest absolute Gasteiger partial charge is 2.00 e. The van der Waals surface area contributed by atoms with E-state index in [1.807, 2.05) is 60.3 Å². The molecule has 0 fully saturated rings. The maximum Gasteiger partial charge on any atom is 2.00 e. The van der Waals surface area contributed by atoms with Gasteiger partial charge in [-0.15, -0.1) is 35.9 Å². The first-order valence-corrected chi connectivity index (χ1v) is 8.07. The molecule has 0 aliphatic rings. The van der Waals surface area contributed by atoms with E-state index in [9.17, 15) is 0 Å². The molecular formula is C21H15N3O2Pt. The molecule has 0 bridgehead atoms. The first-order valence-electron chi connectivity index (χ1n) is 8.07. The van der Waals surface area contributed by atoms with Crippen molar-refractivity contribution < 1.29 is 30.5 Å². The number of benzene rings is 2. The number of hydrogen-bond acceptors (Lipinski definition) is 4. The van der Waals surface area contributed by atoms with E-state index >= 15 is 0 Å². The normalized spacial score (nSPS) is 10.1. The van der Waals surface area contributed by atoms with E-state index in [1.165, 1.54) is 0 Å². The summed E-state index contributed by atoms with van der Waals surface area (Å²) < 4.78 is 13.5. The molecule has 4 rings (SSSR count). The molecule has 27 heavy (non-hydrogen) atoms. The maximum absolute atomic E-state index is 5.89. The first kappa shape index (κ1) is 18.9. The van der Waals surface area contributed by atoms with Crippen LogP contribution < -0.4 is 9.47 Å². The molecule has 0 amide bonds. The van der Waals surface area contributed by atoms with Crippen LogP contribution in [-0.2, 0) is 28.1 Å². The number of hydrogen-bond donors (Lipinski definition) is 0. The Hall–Kier alpha value is -2.91. The van der Waals surface area contributed by atoms with E-state index in [-0.39, 0.29) is 21.1 Å². The molecule has 0 aliphatic carbocycles. The molecule has 5 nitrogen and oxygen atoms in total. The number of rotatable bonds is 5. The van der Waals surface area contributed by atoms with Crippen molar-refractivity contribution in [3.05, 3.63) is 85.3 Å². The Kier molecular flexibility index (Phi) is 6.04. The number of aromatic nitrogens is 3. The van der Waals surface area contributed by atoms with Gasteiger partial charge in [0.2, 0.25) is 5.88 Å². The fraction of sp³-hybridized carbons (Fsp3) is 0.0476. The van der Waals surface area contributed by atoms with Crippen molar-refractivity contribution in [1.29, 1.82) is 0 Å². The fourth-order valence-electron chi connectivity index (χ4n) is 2.45. The second-order valence-electron chi connectivity index (χ2n) is 5.54. The Labute approximate surface area is 171 Å². The zero-order chi connectivity index (χ0) is 17.8. The van der Waals surface area contributed by atoms with Crippen LogP contribution in [0.15, 0.2) is 73.2 Å². The summed E-state index contributed by atoms with van der Waals surface area (Å²) in [6, 6.07) is 22.9. The van der Waals surface area contributed by atoms with Gasteiger partial charge in [-0.2, -0.15) is 6.07 Å². The van der Waals surface area contributed by atoms with Gasteiger partial charge < -0.3 is 14.0 Å². The van der Waals surface area contributed by atoms with Gasteiger partial charge in [-0.3, -0.25) is 4.98 Å². The Morgan fingerprint density at radius 1 is 0.778 bits per heavy atom. The van der Waals surface area contributed by atoms with Gasteiger partial charge in [0.15, 0.2) is 0 Å². The van der Waals surface area contributed by atoms with Gasteiger partial charge in [0.1, 0.15) is 0 Å². The molecule has 0 saturated carbocycles. The van der Waals surface area contributed by atoms with Gasteiger partial charge in [0.05, 0.1) is 5.82 Å². The van der Waals surface area contributed by atoms with E-state index in [0.717, 1.165) is 11.4 Å². The standard InChI is InChI=1S/C21H15N3O2.Pt/c1-24-13-12-23-21(24)16-6-4-7-17(14-16)25-18-8-5-9-19(15-18)26-20-10-2-3-11-22-20;/h2-13H,1H3;/q-2;+2. The number of imidazole rings is 1. The summed E-state index contributed by atoms with van der Waals surface area (Å²) in [6.45, 7) is 0. The van der Waals surface area contributed by atoms with Crippen molar-refractivity contribution in [2.24, 2.45) is 7.05 Å². The Morgan fingerprint density at radius 3 is 2.22 bits per heavy atom. The molecule has 0 N–H and O–H groups in total. The summed E-state index contributed by atoms with van der Waals surface area (Å²) in [5.74, 6) is 2.97. The molecule has 6 heteroatoms. The molecular weight excluding hydrogens is 521 g/mol. The summed E-state index contributed by atoms with van der Waals surface area (Å²) in [7, 11) is 1.94. The average molecular weight is 536 g/mol. The second-order valence-corrected chi connectivity index (χ2v) is 5.54. The van der Waals surface area contributed by atoms with Crippen LogP contribution in [0.3, 0.4) is 0 Å². The minimum absolute atomic E-state index is 0. The van der Waals surface area contributed by atoms with Crippen molar-refractivity contribution in [2.75, 3.05) is 0 Å². The van der Waals surface area contributed by atoms with Crippen LogP contribution in [-0.4, -0.2) is 14.5 Å². The van der Waals surface area contributed by atoms with Crippen molar-refractivity contribution in [1.82, 2.24) is 14.5 Å². The SMILES string of the molecule is Cn1ccnc1-c1[c-]c(Oc2[c-]c(Oc3ccccn3)ccc2)ccc1.[Pt+2]. The quantitative estimate of drug-likeness (QED) is 0.348. The van der Waals surface area contributed by atoms with Crippen LogP contribution in [0.1, 0.15) is 0 Å². The van der Waals surface area contributed by atoms with E-state index in [4.69, 9.17) is 9.47 Å². The molecule has 2 aromatic heterocycles. The molecule has 0 radical (unpaired) electrons. The fourth-order valence-corrected chi connectivity index (χ4v) is 2.45. The monoisotopic (exact) mass is 536 g/mol. The molecule has 0 atom stereocenters. The molecule has 0 saturated heterocycles. The topological polar surface area (TPSA) is 49.2 Å². The summed E-state index contributed by atoms with van der Waals surface area (Å²) in [6.07, 6.45) is 5.32. The Morgan fingerprint density at radius 2 is 1.52 bits per heavy atom. The molecule has 2 aromatic carbocycles. The minimum Gasteiger partial charge on any atom is -0.503 e. The van der Waals surface area contributed by atoms with Crippen LogP contribution in [0.5, 0.6) is 23.1 Å². The van der Waals surface area contributed by atoms with E-state index in [2.05, 4.69) is 22.1 Å². The van der Waals surface area contributed by atoms with E-state index in [0.29, 0.717) is 23.1 Å². The summed E-state index contributed by atoms with van der Waals surface area (Å²) in [5, 5.41) is 0. The van der Waals surface area contributed by atoms with Crippen molar-refractivity contribution in [3.63, 3.8) is 0 Å². The predicted octanol–water partition coefficient (Wildman–Crippen LogP) is 4.66.